The van der Waals surface area contributed by atoms with Crippen molar-refractivity contribution in [2.45, 2.75) is 57.5 Å². The predicted molar refractivity (Wildman–Crippen MR) is 58.6 cm³/mol. The Labute approximate surface area is 91.1 Å². The summed E-state index contributed by atoms with van der Waals surface area (Å²) in [6, 6.07) is 0. The molecule has 0 bridgehead atoms. The maximum Gasteiger partial charge on any atom is 0.306 e. The third-order valence-corrected chi connectivity index (χ3v) is 3.11. The number of aliphatic hydroxyl groups excluding tert-OH is 1. The number of rotatable bonds is 5. The van der Waals surface area contributed by atoms with Crippen LogP contribution in [0.5, 0.6) is 0 Å². The molecule has 15 heavy (non-hydrogen) atoms. The van der Waals surface area contributed by atoms with Gasteiger partial charge in [-0.3, -0.25) is 4.79 Å². The summed E-state index contributed by atoms with van der Waals surface area (Å²) >= 11 is 0. The van der Waals surface area contributed by atoms with Crippen molar-refractivity contribution in [3.63, 3.8) is 0 Å². The second kappa shape index (κ2) is 5.19. The smallest absolute Gasteiger partial charge is 0.306 e. The molecule has 0 aromatic heterocycles. The Morgan fingerprint density at radius 3 is 2.47 bits per heavy atom. The van der Waals surface area contributed by atoms with Gasteiger partial charge in [0.15, 0.2) is 0 Å². The lowest BCUT2D eigenvalue weighted by Gasteiger charge is -2.27. The number of aliphatic hydroxyl groups is 1. The second-order valence-electron chi connectivity index (χ2n) is 4.28. The van der Waals surface area contributed by atoms with Crippen molar-refractivity contribution >= 4 is 5.97 Å². The van der Waals surface area contributed by atoms with E-state index in [0.717, 1.165) is 32.1 Å². The van der Waals surface area contributed by atoms with Crippen LogP contribution in [0.1, 0.15) is 51.9 Å². The topological polar surface area (TPSA) is 46.5 Å². The van der Waals surface area contributed by atoms with Crippen LogP contribution in [0.4, 0.5) is 0 Å². The molecular weight excluding hydrogens is 192 g/mol. The van der Waals surface area contributed by atoms with E-state index in [-0.39, 0.29) is 23.8 Å². The van der Waals surface area contributed by atoms with Crippen LogP contribution in [-0.2, 0) is 9.53 Å². The Morgan fingerprint density at radius 2 is 2.00 bits per heavy atom. The van der Waals surface area contributed by atoms with Gasteiger partial charge in [-0.05, 0) is 32.1 Å². The van der Waals surface area contributed by atoms with E-state index < -0.39 is 0 Å². The molecule has 3 nitrogen and oxygen atoms in total. The fourth-order valence-electron chi connectivity index (χ4n) is 2.09. The Kier molecular flexibility index (Phi) is 4.18. The second-order valence-corrected chi connectivity index (χ2v) is 4.28. The van der Waals surface area contributed by atoms with E-state index in [4.69, 9.17) is 9.84 Å². The monoisotopic (exact) mass is 212 g/mol. The number of hydrogen-bond acceptors (Lipinski definition) is 3. The minimum atomic E-state index is -0.214. The van der Waals surface area contributed by atoms with Gasteiger partial charge in [-0.1, -0.05) is 13.5 Å². The zero-order valence-corrected chi connectivity index (χ0v) is 9.42. The fourth-order valence-corrected chi connectivity index (χ4v) is 2.09. The van der Waals surface area contributed by atoms with Crippen molar-refractivity contribution in [1.29, 1.82) is 0 Å². The van der Waals surface area contributed by atoms with Crippen LogP contribution >= 0.6 is 0 Å². The van der Waals surface area contributed by atoms with E-state index in [1.165, 1.54) is 0 Å². The summed E-state index contributed by atoms with van der Waals surface area (Å²) in [6.07, 6.45) is 5.68. The molecular formula is C12H20O3. The number of allylic oxidation sites excluding steroid dienone is 1. The van der Waals surface area contributed by atoms with Crippen molar-refractivity contribution in [2.24, 2.45) is 0 Å². The molecule has 0 aromatic carbocycles. The number of carbonyl (C=O) groups excluding carboxylic acids is 1. The molecule has 1 saturated carbocycles. The van der Waals surface area contributed by atoms with Crippen LogP contribution in [0, 0.1) is 0 Å². The van der Waals surface area contributed by atoms with Crippen LogP contribution < -0.4 is 0 Å². The average molecular weight is 212 g/mol. The van der Waals surface area contributed by atoms with E-state index in [0.29, 0.717) is 6.42 Å². The van der Waals surface area contributed by atoms with Crippen LogP contribution in [0.15, 0.2) is 12.3 Å². The quantitative estimate of drug-likeness (QED) is 0.562. The molecule has 0 amide bonds. The van der Waals surface area contributed by atoms with Crippen LogP contribution in [0.3, 0.4) is 0 Å². The van der Waals surface area contributed by atoms with Gasteiger partial charge in [0.05, 0.1) is 12.2 Å². The van der Waals surface area contributed by atoms with E-state index in [9.17, 15) is 4.79 Å². The van der Waals surface area contributed by atoms with E-state index >= 15 is 0 Å². The first-order valence-electron chi connectivity index (χ1n) is 5.66. The first-order valence-corrected chi connectivity index (χ1v) is 5.66. The van der Waals surface area contributed by atoms with E-state index in [1.54, 1.807) is 0 Å². The standard InChI is InChI=1S/C12H20O3/c1-3-12(8-4-5-9-12)15-11(14)7-6-10(2)13/h13H,2-9H2,1H3. The zero-order valence-electron chi connectivity index (χ0n) is 9.42. The van der Waals surface area contributed by atoms with Crippen molar-refractivity contribution < 1.29 is 14.6 Å². The highest BCUT2D eigenvalue weighted by Gasteiger charge is 2.35. The van der Waals surface area contributed by atoms with E-state index in [1.807, 2.05) is 0 Å². The molecule has 1 aliphatic carbocycles. The molecule has 0 heterocycles. The van der Waals surface area contributed by atoms with Gasteiger partial charge >= 0.3 is 5.97 Å². The Hall–Kier alpha value is -0.990. The lowest BCUT2D eigenvalue weighted by molar-refractivity contribution is -0.159. The summed E-state index contributed by atoms with van der Waals surface area (Å²) in [5, 5.41) is 8.88. The highest BCUT2D eigenvalue weighted by Crippen LogP contribution is 2.36. The zero-order chi connectivity index (χ0) is 11.3. The fraction of sp³-hybridized carbons (Fsp3) is 0.750. The third kappa shape index (κ3) is 3.57. The van der Waals surface area contributed by atoms with Gasteiger partial charge in [0.2, 0.25) is 0 Å². The molecule has 0 radical (unpaired) electrons. The summed E-state index contributed by atoms with van der Waals surface area (Å²) in [5.74, 6) is -0.169. The SMILES string of the molecule is C=C(O)CCC(=O)OC1(CC)CCCC1. The highest BCUT2D eigenvalue weighted by atomic mass is 16.6. The predicted octanol–water partition coefficient (Wildman–Crippen LogP) is 3.10. The molecule has 0 aromatic rings. The summed E-state index contributed by atoms with van der Waals surface area (Å²) in [7, 11) is 0. The maximum absolute atomic E-state index is 11.5. The van der Waals surface area contributed by atoms with Crippen LogP contribution in [-0.4, -0.2) is 16.7 Å². The first kappa shape index (κ1) is 12.1. The molecule has 1 rings (SSSR count). The molecule has 0 atom stereocenters. The normalized spacial score (nSPS) is 18.7. The Bertz CT molecular complexity index is 239. The average Bonchev–Trinajstić information content (AvgIpc) is 2.64. The van der Waals surface area contributed by atoms with Gasteiger partial charge in [-0.25, -0.2) is 0 Å². The molecule has 3 heteroatoms. The number of esters is 1. The van der Waals surface area contributed by atoms with Gasteiger partial charge < -0.3 is 9.84 Å². The molecule has 0 spiro atoms. The van der Waals surface area contributed by atoms with Gasteiger partial charge in [0.1, 0.15) is 5.60 Å². The molecule has 0 unspecified atom stereocenters. The Morgan fingerprint density at radius 1 is 1.40 bits per heavy atom. The molecule has 1 N–H and O–H groups in total. The summed E-state index contributed by atoms with van der Waals surface area (Å²) in [6.45, 7) is 5.40. The van der Waals surface area contributed by atoms with Crippen molar-refractivity contribution in [3.05, 3.63) is 12.3 Å². The van der Waals surface area contributed by atoms with Crippen LogP contribution in [0.25, 0.3) is 0 Å². The van der Waals surface area contributed by atoms with Crippen LogP contribution in [0.2, 0.25) is 0 Å². The molecule has 0 aliphatic heterocycles. The molecule has 1 aliphatic rings. The maximum atomic E-state index is 11.5. The third-order valence-electron chi connectivity index (χ3n) is 3.11. The molecule has 1 fully saturated rings. The Balaban J connectivity index is 2.38. The summed E-state index contributed by atoms with van der Waals surface area (Å²) in [4.78, 5) is 11.5. The van der Waals surface area contributed by atoms with Gasteiger partial charge in [-0.2, -0.15) is 0 Å². The van der Waals surface area contributed by atoms with Crippen molar-refractivity contribution in [3.8, 4) is 0 Å². The largest absolute Gasteiger partial charge is 0.513 e. The lowest BCUT2D eigenvalue weighted by atomic mass is 9.99. The summed E-state index contributed by atoms with van der Waals surface area (Å²) in [5.41, 5.74) is -0.214. The molecule has 0 saturated heterocycles. The van der Waals surface area contributed by atoms with Crippen molar-refractivity contribution in [2.75, 3.05) is 0 Å². The number of ether oxygens (including phenoxy) is 1. The first-order chi connectivity index (χ1) is 7.08. The summed E-state index contributed by atoms with van der Waals surface area (Å²) < 4.78 is 5.51. The van der Waals surface area contributed by atoms with E-state index in [2.05, 4.69) is 13.5 Å². The van der Waals surface area contributed by atoms with Gasteiger partial charge in [0, 0.05) is 6.42 Å². The minimum Gasteiger partial charge on any atom is -0.513 e. The van der Waals surface area contributed by atoms with Gasteiger partial charge in [0.25, 0.3) is 0 Å². The van der Waals surface area contributed by atoms with Gasteiger partial charge in [-0.15, -0.1) is 0 Å². The molecule has 86 valence electrons. The van der Waals surface area contributed by atoms with Crippen molar-refractivity contribution in [1.82, 2.24) is 0 Å². The number of hydrogen-bond donors (Lipinski definition) is 1. The number of carbonyl (C=O) groups is 1. The lowest BCUT2D eigenvalue weighted by Crippen LogP contribution is -2.31. The highest BCUT2D eigenvalue weighted by molar-refractivity contribution is 5.70. The minimum absolute atomic E-state index is 0.0453.